The van der Waals surface area contributed by atoms with Gasteiger partial charge < -0.3 is 21.1 Å². The molecule has 0 saturated carbocycles. The molecule has 0 aliphatic carbocycles. The summed E-state index contributed by atoms with van der Waals surface area (Å²) in [5, 5.41) is 0. The average molecular weight is 254 g/mol. The Kier molecular flexibility index (Phi) is 4.64. The minimum absolute atomic E-state index is 0.0186. The van der Waals surface area contributed by atoms with E-state index in [4.69, 9.17) is 16.2 Å². The number of amides is 1. The summed E-state index contributed by atoms with van der Waals surface area (Å²) < 4.78 is 4.91. The fourth-order valence-corrected chi connectivity index (χ4v) is 1.44. The first-order valence-corrected chi connectivity index (χ1v) is 5.51. The highest BCUT2D eigenvalue weighted by molar-refractivity contribution is 5.78. The fourth-order valence-electron chi connectivity index (χ4n) is 1.44. The van der Waals surface area contributed by atoms with Crippen molar-refractivity contribution < 1.29 is 9.53 Å². The van der Waals surface area contributed by atoms with Gasteiger partial charge in [-0.2, -0.15) is 15.0 Å². The van der Waals surface area contributed by atoms with Crippen molar-refractivity contribution >= 4 is 17.8 Å². The average Bonchev–Trinajstić information content (AvgIpc) is 2.26. The Morgan fingerprint density at radius 2 is 2.06 bits per heavy atom. The highest BCUT2D eigenvalue weighted by Gasteiger charge is 2.16. The zero-order valence-corrected chi connectivity index (χ0v) is 10.8. The molecule has 0 aromatic carbocycles. The normalized spacial score (nSPS) is 10.4. The van der Waals surface area contributed by atoms with Crippen LogP contribution < -0.4 is 21.1 Å². The third-order valence-electron chi connectivity index (χ3n) is 2.02. The van der Waals surface area contributed by atoms with Crippen LogP contribution in [0.15, 0.2) is 0 Å². The van der Waals surface area contributed by atoms with Crippen LogP contribution in [0.4, 0.5) is 11.9 Å². The number of primary amides is 1. The molecule has 0 unspecified atom stereocenters. The number of carbonyl (C=O) groups excluding carboxylic acids is 1. The number of hydrogen-bond donors (Lipinski definition) is 2. The lowest BCUT2D eigenvalue weighted by Gasteiger charge is -2.23. The Morgan fingerprint density at radius 3 is 2.56 bits per heavy atom. The smallest absolute Gasteiger partial charge is 0.322 e. The van der Waals surface area contributed by atoms with Crippen molar-refractivity contribution in [2.45, 2.75) is 13.8 Å². The number of nitrogens with zero attached hydrogens (tertiary/aromatic N) is 4. The van der Waals surface area contributed by atoms with Gasteiger partial charge in [-0.05, 0) is 5.92 Å². The van der Waals surface area contributed by atoms with Gasteiger partial charge in [-0.3, -0.25) is 4.79 Å². The molecule has 8 heteroatoms. The summed E-state index contributed by atoms with van der Waals surface area (Å²) in [5.41, 5.74) is 10.8. The number of aromatic nitrogens is 3. The van der Waals surface area contributed by atoms with Crippen LogP contribution in [0.5, 0.6) is 6.01 Å². The van der Waals surface area contributed by atoms with Crippen LogP contribution in [0.2, 0.25) is 0 Å². The van der Waals surface area contributed by atoms with E-state index < -0.39 is 5.91 Å². The lowest BCUT2D eigenvalue weighted by molar-refractivity contribution is -0.116. The molecule has 1 amide bonds. The van der Waals surface area contributed by atoms with Gasteiger partial charge >= 0.3 is 6.01 Å². The van der Waals surface area contributed by atoms with E-state index in [1.54, 1.807) is 4.90 Å². The number of rotatable bonds is 6. The van der Waals surface area contributed by atoms with Crippen LogP contribution in [-0.2, 0) is 4.79 Å². The number of nitrogens with two attached hydrogens (primary N) is 2. The fraction of sp³-hybridized carbons (Fsp3) is 0.600. The molecule has 0 radical (unpaired) electrons. The van der Waals surface area contributed by atoms with Crippen molar-refractivity contribution in [1.82, 2.24) is 15.0 Å². The molecule has 18 heavy (non-hydrogen) atoms. The van der Waals surface area contributed by atoms with Gasteiger partial charge in [0.25, 0.3) is 0 Å². The molecule has 8 nitrogen and oxygen atoms in total. The Bertz CT molecular complexity index is 423. The first-order valence-electron chi connectivity index (χ1n) is 5.51. The van der Waals surface area contributed by atoms with Crippen LogP contribution in [-0.4, -0.2) is 41.1 Å². The molecule has 1 heterocycles. The minimum atomic E-state index is -0.464. The molecule has 0 atom stereocenters. The molecule has 0 bridgehead atoms. The van der Waals surface area contributed by atoms with Crippen molar-refractivity contribution in [2.75, 3.05) is 30.8 Å². The second-order valence-electron chi connectivity index (χ2n) is 4.22. The zero-order chi connectivity index (χ0) is 13.7. The van der Waals surface area contributed by atoms with E-state index in [1.807, 2.05) is 13.8 Å². The zero-order valence-electron chi connectivity index (χ0n) is 10.8. The van der Waals surface area contributed by atoms with Gasteiger partial charge in [-0.1, -0.05) is 13.8 Å². The summed E-state index contributed by atoms with van der Waals surface area (Å²) in [6.07, 6.45) is 0. The lowest BCUT2D eigenvalue weighted by atomic mass is 10.2. The minimum Gasteiger partial charge on any atom is -0.467 e. The third-order valence-corrected chi connectivity index (χ3v) is 2.02. The molecule has 100 valence electrons. The number of nitrogen functional groups attached to an aromatic ring is 1. The van der Waals surface area contributed by atoms with Gasteiger partial charge in [0, 0.05) is 6.54 Å². The molecule has 0 aliphatic rings. The van der Waals surface area contributed by atoms with Crippen molar-refractivity contribution in [3.63, 3.8) is 0 Å². The van der Waals surface area contributed by atoms with Crippen LogP contribution in [0.25, 0.3) is 0 Å². The molecule has 1 aromatic rings. The summed E-state index contributed by atoms with van der Waals surface area (Å²) in [7, 11) is 1.43. The summed E-state index contributed by atoms with van der Waals surface area (Å²) >= 11 is 0. The van der Waals surface area contributed by atoms with Gasteiger partial charge in [0.1, 0.15) is 0 Å². The standard InChI is InChI=1S/C10H18N6O2/c1-6(2)4-16(5-7(11)17)9-13-8(12)14-10(15-9)18-3/h6H,4-5H2,1-3H3,(H2,11,17)(H2,12,13,14,15). The van der Waals surface area contributed by atoms with Crippen LogP contribution in [0, 0.1) is 5.92 Å². The largest absolute Gasteiger partial charge is 0.467 e. The number of carbonyl (C=O) groups is 1. The molecule has 0 aliphatic heterocycles. The molecule has 1 aromatic heterocycles. The predicted molar refractivity (Wildman–Crippen MR) is 67.0 cm³/mol. The maximum atomic E-state index is 11.1. The molecule has 0 spiro atoms. The van der Waals surface area contributed by atoms with E-state index in [1.165, 1.54) is 7.11 Å². The maximum Gasteiger partial charge on any atom is 0.322 e. The molecule has 0 fully saturated rings. The topological polar surface area (TPSA) is 120 Å². The van der Waals surface area contributed by atoms with E-state index in [-0.39, 0.29) is 24.5 Å². The second kappa shape index (κ2) is 5.99. The molecular weight excluding hydrogens is 236 g/mol. The summed E-state index contributed by atoms with van der Waals surface area (Å²) in [5.74, 6) is 0.170. The van der Waals surface area contributed by atoms with Crippen LogP contribution >= 0.6 is 0 Å². The Morgan fingerprint density at radius 1 is 1.39 bits per heavy atom. The Labute approximate surface area is 105 Å². The lowest BCUT2D eigenvalue weighted by Crippen LogP contribution is -2.37. The van der Waals surface area contributed by atoms with Crippen molar-refractivity contribution in [3.05, 3.63) is 0 Å². The maximum absolute atomic E-state index is 11.1. The van der Waals surface area contributed by atoms with Gasteiger partial charge in [0.15, 0.2) is 0 Å². The van der Waals surface area contributed by atoms with E-state index in [0.717, 1.165) is 0 Å². The van der Waals surface area contributed by atoms with Crippen LogP contribution in [0.1, 0.15) is 13.8 Å². The highest BCUT2D eigenvalue weighted by Crippen LogP contribution is 2.14. The molecule has 0 saturated heterocycles. The van der Waals surface area contributed by atoms with Crippen molar-refractivity contribution in [2.24, 2.45) is 11.7 Å². The van der Waals surface area contributed by atoms with E-state index in [0.29, 0.717) is 12.5 Å². The predicted octanol–water partition coefficient (Wildman–Crippen LogP) is -0.590. The molecule has 1 rings (SSSR count). The van der Waals surface area contributed by atoms with Gasteiger partial charge in [0.2, 0.25) is 17.8 Å². The van der Waals surface area contributed by atoms with Gasteiger partial charge in [-0.25, -0.2) is 0 Å². The third kappa shape index (κ3) is 4.04. The van der Waals surface area contributed by atoms with Crippen molar-refractivity contribution in [1.29, 1.82) is 0 Å². The van der Waals surface area contributed by atoms with Gasteiger partial charge in [-0.15, -0.1) is 0 Å². The van der Waals surface area contributed by atoms with E-state index in [2.05, 4.69) is 15.0 Å². The summed E-state index contributed by atoms with van der Waals surface area (Å²) in [4.78, 5) is 24.5. The molecular formula is C10H18N6O2. The van der Waals surface area contributed by atoms with E-state index >= 15 is 0 Å². The first kappa shape index (κ1) is 13.9. The Balaban J connectivity index is 3.02. The van der Waals surface area contributed by atoms with Crippen LogP contribution in [0.3, 0.4) is 0 Å². The second-order valence-corrected chi connectivity index (χ2v) is 4.22. The Hall–Kier alpha value is -2.12. The summed E-state index contributed by atoms with van der Waals surface area (Å²) in [6, 6.07) is 0.107. The van der Waals surface area contributed by atoms with E-state index in [9.17, 15) is 4.79 Å². The number of methoxy groups -OCH3 is 1. The molecule has 4 N–H and O–H groups in total. The number of hydrogen-bond acceptors (Lipinski definition) is 7. The summed E-state index contributed by atoms with van der Waals surface area (Å²) in [6.45, 7) is 4.62. The monoisotopic (exact) mass is 254 g/mol. The van der Waals surface area contributed by atoms with Gasteiger partial charge in [0.05, 0.1) is 13.7 Å². The number of ether oxygens (including phenoxy) is 1. The highest BCUT2D eigenvalue weighted by atomic mass is 16.5. The first-order chi connectivity index (χ1) is 8.42. The quantitative estimate of drug-likeness (QED) is 0.696. The SMILES string of the molecule is COc1nc(N)nc(N(CC(N)=O)CC(C)C)n1. The number of anilines is 2. The van der Waals surface area contributed by atoms with Crippen molar-refractivity contribution in [3.8, 4) is 6.01 Å².